The van der Waals surface area contributed by atoms with E-state index in [-0.39, 0.29) is 5.78 Å². The van der Waals surface area contributed by atoms with Crippen LogP contribution in [0.3, 0.4) is 0 Å². The van der Waals surface area contributed by atoms with Gasteiger partial charge >= 0.3 is 0 Å². The molecule has 0 aromatic heterocycles. The van der Waals surface area contributed by atoms with E-state index < -0.39 is 0 Å². The third-order valence-electron chi connectivity index (χ3n) is 3.90. The first-order valence-corrected chi connectivity index (χ1v) is 6.90. The molecule has 102 valence electrons. The van der Waals surface area contributed by atoms with E-state index in [9.17, 15) is 4.79 Å². The van der Waals surface area contributed by atoms with Crippen LogP contribution in [-0.2, 0) is 6.42 Å². The van der Waals surface area contributed by atoms with Gasteiger partial charge in [-0.1, -0.05) is 12.1 Å². The van der Waals surface area contributed by atoms with Crippen molar-refractivity contribution < 1.29 is 4.79 Å². The zero-order valence-corrected chi connectivity index (χ0v) is 11.6. The Morgan fingerprint density at radius 2 is 2.00 bits per heavy atom. The Labute approximate surface area is 119 Å². The second-order valence-electron chi connectivity index (χ2n) is 5.28. The van der Waals surface area contributed by atoms with E-state index in [0.717, 1.165) is 24.9 Å². The minimum absolute atomic E-state index is 0.000809. The summed E-state index contributed by atoms with van der Waals surface area (Å²) in [4.78, 5) is 14.8. The SMILES string of the molecule is CN1CCCc2cc(C(=O)c3ccccc3N)ccc21. The first-order chi connectivity index (χ1) is 9.66. The van der Waals surface area contributed by atoms with Gasteiger partial charge in [-0.3, -0.25) is 4.79 Å². The number of nitrogens with two attached hydrogens (primary N) is 1. The molecule has 0 fully saturated rings. The lowest BCUT2D eigenvalue weighted by molar-refractivity contribution is 0.103. The largest absolute Gasteiger partial charge is 0.398 e. The summed E-state index contributed by atoms with van der Waals surface area (Å²) in [5.74, 6) is -0.000809. The summed E-state index contributed by atoms with van der Waals surface area (Å²) in [6.07, 6.45) is 2.17. The molecule has 0 radical (unpaired) electrons. The number of benzene rings is 2. The predicted molar refractivity (Wildman–Crippen MR) is 82.3 cm³/mol. The molecule has 1 aliphatic heterocycles. The van der Waals surface area contributed by atoms with E-state index in [1.165, 1.54) is 11.3 Å². The average Bonchev–Trinajstić information content (AvgIpc) is 2.47. The normalized spacial score (nSPS) is 13.9. The van der Waals surface area contributed by atoms with E-state index in [4.69, 9.17) is 5.73 Å². The van der Waals surface area contributed by atoms with Crippen molar-refractivity contribution in [1.29, 1.82) is 0 Å². The second-order valence-corrected chi connectivity index (χ2v) is 5.28. The van der Waals surface area contributed by atoms with Crippen LogP contribution in [0.15, 0.2) is 42.5 Å². The summed E-state index contributed by atoms with van der Waals surface area (Å²) >= 11 is 0. The minimum Gasteiger partial charge on any atom is -0.398 e. The Balaban J connectivity index is 1.99. The summed E-state index contributed by atoms with van der Waals surface area (Å²) in [7, 11) is 2.09. The molecule has 0 atom stereocenters. The topological polar surface area (TPSA) is 46.3 Å². The van der Waals surface area contributed by atoms with Crippen LogP contribution in [0.4, 0.5) is 11.4 Å². The van der Waals surface area contributed by atoms with Crippen LogP contribution >= 0.6 is 0 Å². The summed E-state index contributed by atoms with van der Waals surface area (Å²) in [5, 5.41) is 0. The number of nitrogen functional groups attached to an aromatic ring is 1. The summed E-state index contributed by atoms with van der Waals surface area (Å²) in [6.45, 7) is 1.08. The van der Waals surface area contributed by atoms with Gasteiger partial charge in [-0.15, -0.1) is 0 Å². The molecule has 0 amide bonds. The van der Waals surface area contributed by atoms with E-state index in [1.54, 1.807) is 12.1 Å². The maximum Gasteiger partial charge on any atom is 0.195 e. The molecular formula is C17H18N2O. The van der Waals surface area contributed by atoms with Crippen LogP contribution in [0.5, 0.6) is 0 Å². The number of hydrogen-bond acceptors (Lipinski definition) is 3. The Hall–Kier alpha value is -2.29. The molecule has 20 heavy (non-hydrogen) atoms. The third-order valence-corrected chi connectivity index (χ3v) is 3.90. The van der Waals surface area contributed by atoms with E-state index in [1.807, 2.05) is 30.3 Å². The van der Waals surface area contributed by atoms with E-state index >= 15 is 0 Å². The molecule has 0 spiro atoms. The quantitative estimate of drug-likeness (QED) is 0.671. The molecule has 0 saturated heterocycles. The summed E-state index contributed by atoms with van der Waals surface area (Å²) in [5.41, 5.74) is 10.2. The minimum atomic E-state index is -0.000809. The molecule has 2 aromatic carbocycles. The lowest BCUT2D eigenvalue weighted by atomic mass is 9.95. The van der Waals surface area contributed by atoms with Gasteiger partial charge in [0.25, 0.3) is 0 Å². The van der Waals surface area contributed by atoms with Gasteiger partial charge in [0.15, 0.2) is 5.78 Å². The van der Waals surface area contributed by atoms with Crippen LogP contribution in [0.2, 0.25) is 0 Å². The van der Waals surface area contributed by atoms with Gasteiger partial charge in [0, 0.05) is 36.1 Å². The predicted octanol–water partition coefficient (Wildman–Crippen LogP) is 2.88. The van der Waals surface area contributed by atoms with Gasteiger partial charge in [-0.25, -0.2) is 0 Å². The van der Waals surface area contributed by atoms with E-state index in [0.29, 0.717) is 11.3 Å². The molecule has 1 aliphatic rings. The fourth-order valence-electron chi connectivity index (χ4n) is 2.79. The molecular weight excluding hydrogens is 248 g/mol. The van der Waals surface area contributed by atoms with Crippen LogP contribution in [-0.4, -0.2) is 19.4 Å². The molecule has 3 heteroatoms. The van der Waals surface area contributed by atoms with Crippen molar-refractivity contribution in [2.24, 2.45) is 0 Å². The maximum absolute atomic E-state index is 12.5. The van der Waals surface area contributed by atoms with E-state index in [2.05, 4.69) is 11.9 Å². The zero-order valence-electron chi connectivity index (χ0n) is 11.6. The molecule has 1 heterocycles. The van der Waals surface area contributed by atoms with Crippen molar-refractivity contribution in [3.8, 4) is 0 Å². The van der Waals surface area contributed by atoms with Crippen molar-refractivity contribution in [2.45, 2.75) is 12.8 Å². The Morgan fingerprint density at radius 3 is 2.80 bits per heavy atom. The van der Waals surface area contributed by atoms with Crippen molar-refractivity contribution in [3.63, 3.8) is 0 Å². The first kappa shape index (κ1) is 12.7. The standard InChI is InChI=1S/C17H18N2O/c1-19-10-4-5-12-11-13(8-9-16(12)19)17(20)14-6-2-3-7-15(14)18/h2-3,6-9,11H,4-5,10,18H2,1H3. The van der Waals surface area contributed by atoms with Gasteiger partial charge in [-0.05, 0) is 48.7 Å². The van der Waals surface area contributed by atoms with Crippen molar-refractivity contribution in [2.75, 3.05) is 24.2 Å². The highest BCUT2D eigenvalue weighted by molar-refractivity contribution is 6.12. The van der Waals surface area contributed by atoms with Gasteiger partial charge in [0.2, 0.25) is 0 Å². The monoisotopic (exact) mass is 266 g/mol. The van der Waals surface area contributed by atoms with Gasteiger partial charge in [0.05, 0.1) is 0 Å². The maximum atomic E-state index is 12.5. The molecule has 0 bridgehead atoms. The second kappa shape index (κ2) is 5.00. The molecule has 3 nitrogen and oxygen atoms in total. The number of para-hydroxylation sites is 1. The van der Waals surface area contributed by atoms with Crippen molar-refractivity contribution in [1.82, 2.24) is 0 Å². The first-order valence-electron chi connectivity index (χ1n) is 6.90. The molecule has 3 rings (SSSR count). The number of fused-ring (bicyclic) bond motifs is 1. The molecule has 0 unspecified atom stereocenters. The lowest BCUT2D eigenvalue weighted by Gasteiger charge is -2.27. The lowest BCUT2D eigenvalue weighted by Crippen LogP contribution is -2.24. The number of carbonyl (C=O) groups is 1. The van der Waals surface area contributed by atoms with Crippen LogP contribution in [0.25, 0.3) is 0 Å². The fourth-order valence-corrected chi connectivity index (χ4v) is 2.79. The molecule has 2 N–H and O–H groups in total. The highest BCUT2D eigenvalue weighted by atomic mass is 16.1. The molecule has 0 saturated carbocycles. The van der Waals surface area contributed by atoms with Gasteiger partial charge < -0.3 is 10.6 Å². The van der Waals surface area contributed by atoms with Crippen molar-refractivity contribution in [3.05, 3.63) is 59.2 Å². The van der Waals surface area contributed by atoms with Crippen LogP contribution < -0.4 is 10.6 Å². The highest BCUT2D eigenvalue weighted by Crippen LogP contribution is 2.28. The molecule has 2 aromatic rings. The number of nitrogens with zero attached hydrogens (tertiary/aromatic N) is 1. The number of carbonyl (C=O) groups excluding carboxylic acids is 1. The smallest absolute Gasteiger partial charge is 0.195 e. The molecule has 0 aliphatic carbocycles. The number of hydrogen-bond donors (Lipinski definition) is 1. The van der Waals surface area contributed by atoms with Crippen LogP contribution in [0, 0.1) is 0 Å². The number of anilines is 2. The Bertz CT molecular complexity index is 664. The van der Waals surface area contributed by atoms with Crippen molar-refractivity contribution >= 4 is 17.2 Å². The van der Waals surface area contributed by atoms with Gasteiger partial charge in [0.1, 0.15) is 0 Å². The number of rotatable bonds is 2. The average molecular weight is 266 g/mol. The number of ketones is 1. The number of aryl methyl sites for hydroxylation is 1. The summed E-state index contributed by atoms with van der Waals surface area (Å²) < 4.78 is 0. The Kier molecular flexibility index (Phi) is 3.18. The third kappa shape index (κ3) is 2.16. The van der Waals surface area contributed by atoms with Crippen LogP contribution in [0.1, 0.15) is 27.9 Å². The summed E-state index contributed by atoms with van der Waals surface area (Å²) in [6, 6.07) is 13.2. The van der Waals surface area contributed by atoms with Gasteiger partial charge in [-0.2, -0.15) is 0 Å². The highest BCUT2D eigenvalue weighted by Gasteiger charge is 2.17. The zero-order chi connectivity index (χ0) is 14.1. The Morgan fingerprint density at radius 1 is 1.20 bits per heavy atom. The fraction of sp³-hybridized carbons (Fsp3) is 0.235.